The number of halogens is 1. The van der Waals surface area contributed by atoms with Gasteiger partial charge in [0.2, 0.25) is 10.0 Å². The van der Waals surface area contributed by atoms with Crippen LogP contribution in [0.5, 0.6) is 5.75 Å². The second-order valence-corrected chi connectivity index (χ2v) is 10.7. The smallest absolute Gasteiger partial charge is 0.253 e. The van der Waals surface area contributed by atoms with Crippen LogP contribution in [0.3, 0.4) is 0 Å². The molecule has 2 aromatic rings. The van der Waals surface area contributed by atoms with Crippen molar-refractivity contribution in [2.75, 3.05) is 24.6 Å². The molecule has 0 bridgehead atoms. The maximum atomic E-state index is 12.9. The Hall–Kier alpha value is -1.74. The number of ether oxygens (including phenoxy) is 1. The van der Waals surface area contributed by atoms with E-state index in [-0.39, 0.29) is 28.1 Å². The van der Waals surface area contributed by atoms with E-state index in [0.717, 1.165) is 22.8 Å². The third kappa shape index (κ3) is 5.69. The number of sulfonamides is 1. The molecular weight excluding hydrogens is 444 g/mol. The second-order valence-electron chi connectivity index (χ2n) is 7.15. The SMILES string of the molecule is CC(C)Oc1ccc(CNC(=O)c2cc(S(=O)(=O)N3CCSCC3)ccc2Cl)cc1. The van der Waals surface area contributed by atoms with Crippen LogP contribution < -0.4 is 10.1 Å². The zero-order chi connectivity index (χ0) is 21.7. The van der Waals surface area contributed by atoms with Crippen molar-refractivity contribution in [3.05, 3.63) is 58.6 Å². The van der Waals surface area contributed by atoms with Crippen LogP contribution in [0.15, 0.2) is 47.4 Å². The molecule has 0 radical (unpaired) electrons. The highest BCUT2D eigenvalue weighted by Gasteiger charge is 2.27. The summed E-state index contributed by atoms with van der Waals surface area (Å²) in [5.74, 6) is 1.87. The molecule has 1 N–H and O–H groups in total. The second kappa shape index (κ2) is 10.0. The van der Waals surface area contributed by atoms with Gasteiger partial charge in [0, 0.05) is 31.1 Å². The number of benzene rings is 2. The quantitative estimate of drug-likeness (QED) is 0.669. The molecule has 162 valence electrons. The van der Waals surface area contributed by atoms with E-state index in [1.165, 1.54) is 22.5 Å². The van der Waals surface area contributed by atoms with E-state index in [4.69, 9.17) is 16.3 Å². The lowest BCUT2D eigenvalue weighted by Gasteiger charge is -2.25. The predicted octanol–water partition coefficient (Wildman–Crippen LogP) is 3.79. The van der Waals surface area contributed by atoms with Crippen molar-refractivity contribution in [2.24, 2.45) is 0 Å². The highest BCUT2D eigenvalue weighted by atomic mass is 35.5. The molecule has 0 aliphatic carbocycles. The van der Waals surface area contributed by atoms with E-state index in [9.17, 15) is 13.2 Å². The molecule has 9 heteroatoms. The lowest BCUT2D eigenvalue weighted by atomic mass is 10.2. The maximum Gasteiger partial charge on any atom is 0.253 e. The molecule has 0 aromatic heterocycles. The summed E-state index contributed by atoms with van der Waals surface area (Å²) in [5, 5.41) is 3.01. The summed E-state index contributed by atoms with van der Waals surface area (Å²) < 4.78 is 32.8. The van der Waals surface area contributed by atoms with Gasteiger partial charge in [-0.25, -0.2) is 8.42 Å². The Morgan fingerprint density at radius 3 is 2.47 bits per heavy atom. The minimum Gasteiger partial charge on any atom is -0.491 e. The van der Waals surface area contributed by atoms with E-state index in [0.29, 0.717) is 13.1 Å². The van der Waals surface area contributed by atoms with Crippen molar-refractivity contribution in [1.29, 1.82) is 0 Å². The van der Waals surface area contributed by atoms with Gasteiger partial charge in [-0.1, -0.05) is 23.7 Å². The van der Waals surface area contributed by atoms with Crippen LogP contribution in [0.1, 0.15) is 29.8 Å². The third-order valence-electron chi connectivity index (χ3n) is 4.54. The van der Waals surface area contributed by atoms with Crippen molar-refractivity contribution in [2.45, 2.75) is 31.4 Å². The standard InChI is InChI=1S/C21H25ClN2O4S2/c1-15(2)28-17-5-3-16(4-6-17)14-23-21(25)19-13-18(7-8-20(19)22)30(26,27)24-9-11-29-12-10-24/h3-8,13,15H,9-12,14H2,1-2H3,(H,23,25). The van der Waals surface area contributed by atoms with E-state index in [1.807, 2.05) is 38.1 Å². The average Bonchev–Trinajstić information content (AvgIpc) is 2.73. The molecule has 0 atom stereocenters. The molecule has 1 fully saturated rings. The Bertz CT molecular complexity index is 989. The van der Waals surface area contributed by atoms with Gasteiger partial charge >= 0.3 is 0 Å². The Morgan fingerprint density at radius 1 is 1.17 bits per heavy atom. The van der Waals surface area contributed by atoms with Crippen LogP contribution in [-0.2, 0) is 16.6 Å². The lowest BCUT2D eigenvalue weighted by molar-refractivity contribution is 0.0951. The van der Waals surface area contributed by atoms with Gasteiger partial charge in [0.25, 0.3) is 5.91 Å². The number of hydrogen-bond acceptors (Lipinski definition) is 5. The predicted molar refractivity (Wildman–Crippen MR) is 121 cm³/mol. The third-order valence-corrected chi connectivity index (χ3v) is 7.71. The number of nitrogens with one attached hydrogen (secondary N) is 1. The van der Waals surface area contributed by atoms with Crippen molar-refractivity contribution in [3.8, 4) is 5.75 Å². The molecule has 1 aliphatic heterocycles. The Labute approximate surface area is 187 Å². The number of amides is 1. The monoisotopic (exact) mass is 468 g/mol. The zero-order valence-corrected chi connectivity index (χ0v) is 19.3. The van der Waals surface area contributed by atoms with Crippen LogP contribution in [0, 0.1) is 0 Å². The Kier molecular flexibility index (Phi) is 7.68. The minimum absolute atomic E-state index is 0.0825. The molecule has 2 aromatic carbocycles. The van der Waals surface area contributed by atoms with E-state index in [1.54, 1.807) is 11.8 Å². The summed E-state index contributed by atoms with van der Waals surface area (Å²) >= 11 is 7.92. The fraction of sp³-hybridized carbons (Fsp3) is 0.381. The van der Waals surface area contributed by atoms with Crippen LogP contribution in [0.4, 0.5) is 0 Å². The number of hydrogen-bond donors (Lipinski definition) is 1. The molecule has 1 amide bonds. The molecule has 6 nitrogen and oxygen atoms in total. The fourth-order valence-electron chi connectivity index (χ4n) is 3.01. The summed E-state index contributed by atoms with van der Waals surface area (Å²) in [6.45, 7) is 5.13. The van der Waals surface area contributed by atoms with Crippen LogP contribution in [0.25, 0.3) is 0 Å². The summed E-state index contributed by atoms with van der Waals surface area (Å²) in [6.07, 6.45) is 0.0879. The van der Waals surface area contributed by atoms with Gasteiger partial charge in [0.15, 0.2) is 0 Å². The van der Waals surface area contributed by atoms with Crippen molar-refractivity contribution in [1.82, 2.24) is 9.62 Å². The largest absolute Gasteiger partial charge is 0.491 e. The van der Waals surface area contributed by atoms with Gasteiger partial charge in [0.05, 0.1) is 21.6 Å². The van der Waals surface area contributed by atoms with Gasteiger partial charge in [-0.15, -0.1) is 0 Å². The first kappa shape index (κ1) is 22.9. The van der Waals surface area contributed by atoms with Gasteiger partial charge < -0.3 is 10.1 Å². The number of nitrogens with zero attached hydrogens (tertiary/aromatic N) is 1. The summed E-state index contributed by atoms with van der Waals surface area (Å²) in [7, 11) is -3.65. The Balaban J connectivity index is 1.70. The number of carbonyl (C=O) groups is 1. The average molecular weight is 469 g/mol. The number of carbonyl (C=O) groups excluding carboxylic acids is 1. The first-order valence-electron chi connectivity index (χ1n) is 9.68. The van der Waals surface area contributed by atoms with Gasteiger partial charge in [-0.05, 0) is 49.7 Å². The zero-order valence-electron chi connectivity index (χ0n) is 16.9. The van der Waals surface area contributed by atoms with E-state index < -0.39 is 15.9 Å². The first-order chi connectivity index (χ1) is 14.3. The van der Waals surface area contributed by atoms with Gasteiger partial charge in [-0.3, -0.25) is 4.79 Å². The summed E-state index contributed by atoms with van der Waals surface area (Å²) in [4.78, 5) is 12.8. The molecule has 0 saturated carbocycles. The van der Waals surface area contributed by atoms with Crippen LogP contribution in [-0.4, -0.2) is 49.3 Å². The molecule has 30 heavy (non-hydrogen) atoms. The van der Waals surface area contributed by atoms with Crippen molar-refractivity contribution in [3.63, 3.8) is 0 Å². The molecule has 1 heterocycles. The highest BCUT2D eigenvalue weighted by Crippen LogP contribution is 2.25. The van der Waals surface area contributed by atoms with Crippen LogP contribution >= 0.6 is 23.4 Å². The van der Waals surface area contributed by atoms with E-state index in [2.05, 4.69) is 5.32 Å². The number of thioether (sulfide) groups is 1. The van der Waals surface area contributed by atoms with Crippen molar-refractivity contribution >= 4 is 39.3 Å². The minimum atomic E-state index is -3.65. The summed E-state index contributed by atoms with van der Waals surface area (Å²) in [5.41, 5.74) is 1.04. The van der Waals surface area contributed by atoms with Gasteiger partial charge in [-0.2, -0.15) is 16.1 Å². The molecule has 0 unspecified atom stereocenters. The topological polar surface area (TPSA) is 75.7 Å². The van der Waals surface area contributed by atoms with E-state index >= 15 is 0 Å². The lowest BCUT2D eigenvalue weighted by Crippen LogP contribution is -2.38. The van der Waals surface area contributed by atoms with Crippen LogP contribution in [0.2, 0.25) is 5.02 Å². The van der Waals surface area contributed by atoms with Crippen molar-refractivity contribution < 1.29 is 17.9 Å². The molecule has 1 aliphatic rings. The first-order valence-corrected chi connectivity index (χ1v) is 12.7. The molecule has 1 saturated heterocycles. The summed E-state index contributed by atoms with van der Waals surface area (Å²) in [6, 6.07) is 11.7. The fourth-order valence-corrected chi connectivity index (χ4v) is 5.82. The Morgan fingerprint density at radius 2 is 1.83 bits per heavy atom. The maximum absolute atomic E-state index is 12.9. The normalized spacial score (nSPS) is 15.2. The van der Waals surface area contributed by atoms with Gasteiger partial charge in [0.1, 0.15) is 5.75 Å². The molecular formula is C21H25ClN2O4S2. The molecule has 0 spiro atoms. The molecule has 3 rings (SSSR count). The highest BCUT2D eigenvalue weighted by molar-refractivity contribution is 7.99. The number of rotatable bonds is 7.